The summed E-state index contributed by atoms with van der Waals surface area (Å²) in [5, 5.41) is 0. The molecule has 0 radical (unpaired) electrons. The predicted octanol–water partition coefficient (Wildman–Crippen LogP) is 2.94. The van der Waals surface area contributed by atoms with Crippen molar-refractivity contribution in [2.75, 3.05) is 0 Å². The molecule has 2 aromatic rings. The topological polar surface area (TPSA) is 43.1 Å². The summed E-state index contributed by atoms with van der Waals surface area (Å²) < 4.78 is 0. The van der Waals surface area contributed by atoms with Crippen LogP contribution < -0.4 is 5.73 Å². The van der Waals surface area contributed by atoms with Gasteiger partial charge in [-0.2, -0.15) is 0 Å². The Morgan fingerprint density at radius 1 is 1.00 bits per heavy atom. The number of carbonyl (C=O) groups is 1. The first-order valence-electron chi connectivity index (χ1n) is 5.64. The zero-order chi connectivity index (χ0) is 12.3. The fraction of sp³-hybridized carbons (Fsp3) is 0.133. The molecule has 0 saturated carbocycles. The van der Waals surface area contributed by atoms with Crippen molar-refractivity contribution in [3.63, 3.8) is 0 Å². The van der Waals surface area contributed by atoms with E-state index in [1.165, 1.54) is 0 Å². The molecule has 2 heteroatoms. The highest BCUT2D eigenvalue weighted by Gasteiger charge is 2.09. The van der Waals surface area contributed by atoms with Crippen LogP contribution >= 0.6 is 0 Å². The number of ketones is 1. The molecule has 2 rings (SSSR count). The van der Waals surface area contributed by atoms with E-state index in [9.17, 15) is 4.79 Å². The van der Waals surface area contributed by atoms with E-state index in [2.05, 4.69) is 0 Å². The fourth-order valence-corrected chi connectivity index (χ4v) is 1.72. The van der Waals surface area contributed by atoms with Gasteiger partial charge < -0.3 is 5.73 Å². The third-order valence-electron chi connectivity index (χ3n) is 2.71. The van der Waals surface area contributed by atoms with Gasteiger partial charge in [-0.1, -0.05) is 48.5 Å². The summed E-state index contributed by atoms with van der Waals surface area (Å²) in [5.41, 5.74) is 8.18. The Bertz CT molecular complexity index is 517. The molecule has 0 heterocycles. The molecule has 86 valence electrons. The Hall–Kier alpha value is -1.93. The minimum Gasteiger partial charge on any atom is -0.324 e. The van der Waals surface area contributed by atoms with Crippen LogP contribution in [0.1, 0.15) is 34.5 Å². The van der Waals surface area contributed by atoms with Crippen molar-refractivity contribution in [2.45, 2.75) is 13.0 Å². The van der Waals surface area contributed by atoms with E-state index >= 15 is 0 Å². The molecular weight excluding hydrogens is 210 g/mol. The number of hydrogen-bond acceptors (Lipinski definition) is 2. The van der Waals surface area contributed by atoms with E-state index in [0.29, 0.717) is 11.1 Å². The summed E-state index contributed by atoms with van der Waals surface area (Å²) in [6.07, 6.45) is 0. The van der Waals surface area contributed by atoms with Crippen molar-refractivity contribution in [3.8, 4) is 0 Å². The molecule has 0 bridgehead atoms. The van der Waals surface area contributed by atoms with Gasteiger partial charge in [-0.3, -0.25) is 4.79 Å². The Kier molecular flexibility index (Phi) is 3.35. The number of benzene rings is 2. The minimum atomic E-state index is -0.0569. The molecule has 2 aromatic carbocycles. The van der Waals surface area contributed by atoms with Gasteiger partial charge in [0.1, 0.15) is 0 Å². The average Bonchev–Trinajstić information content (AvgIpc) is 2.39. The van der Waals surface area contributed by atoms with E-state index in [4.69, 9.17) is 5.73 Å². The number of nitrogens with two attached hydrogens (primary N) is 1. The standard InChI is InChI=1S/C15H15NO/c1-11(16)13-8-5-9-14(10-13)15(17)12-6-3-2-4-7-12/h2-11H,16H2,1H3. The van der Waals surface area contributed by atoms with Crippen molar-refractivity contribution < 1.29 is 4.79 Å². The van der Waals surface area contributed by atoms with Crippen LogP contribution in [0.25, 0.3) is 0 Å². The SMILES string of the molecule is CC(N)c1cccc(C(=O)c2ccccc2)c1. The molecule has 0 fully saturated rings. The molecule has 0 aliphatic heterocycles. The number of rotatable bonds is 3. The van der Waals surface area contributed by atoms with Crippen molar-refractivity contribution >= 4 is 5.78 Å². The molecule has 0 aliphatic rings. The van der Waals surface area contributed by atoms with Crippen LogP contribution in [-0.2, 0) is 0 Å². The van der Waals surface area contributed by atoms with Gasteiger partial charge in [0, 0.05) is 17.2 Å². The lowest BCUT2D eigenvalue weighted by atomic mass is 9.99. The summed E-state index contributed by atoms with van der Waals surface area (Å²) in [5.74, 6) is 0.0353. The third kappa shape index (κ3) is 2.60. The molecule has 1 atom stereocenters. The third-order valence-corrected chi connectivity index (χ3v) is 2.71. The Morgan fingerprint density at radius 2 is 1.65 bits per heavy atom. The quantitative estimate of drug-likeness (QED) is 0.816. The van der Waals surface area contributed by atoms with E-state index in [-0.39, 0.29) is 11.8 Å². The summed E-state index contributed by atoms with van der Waals surface area (Å²) in [6.45, 7) is 1.91. The van der Waals surface area contributed by atoms with Crippen LogP contribution in [0.2, 0.25) is 0 Å². The van der Waals surface area contributed by atoms with Crippen molar-refractivity contribution in [1.82, 2.24) is 0 Å². The predicted molar refractivity (Wildman–Crippen MR) is 68.9 cm³/mol. The number of carbonyl (C=O) groups excluding carboxylic acids is 1. The molecule has 1 unspecified atom stereocenters. The van der Waals surface area contributed by atoms with Gasteiger partial charge in [0.25, 0.3) is 0 Å². The summed E-state index contributed by atoms with van der Waals surface area (Å²) >= 11 is 0. The summed E-state index contributed by atoms with van der Waals surface area (Å²) in [6, 6.07) is 16.7. The molecule has 2 nitrogen and oxygen atoms in total. The van der Waals surface area contributed by atoms with E-state index < -0.39 is 0 Å². The van der Waals surface area contributed by atoms with Gasteiger partial charge in [0.15, 0.2) is 5.78 Å². The molecule has 0 amide bonds. The molecule has 0 aromatic heterocycles. The van der Waals surface area contributed by atoms with Gasteiger partial charge >= 0.3 is 0 Å². The molecule has 2 N–H and O–H groups in total. The normalized spacial score (nSPS) is 12.1. The lowest BCUT2D eigenvalue weighted by Crippen LogP contribution is -2.07. The first-order chi connectivity index (χ1) is 8.18. The zero-order valence-electron chi connectivity index (χ0n) is 9.76. The van der Waals surface area contributed by atoms with Gasteiger partial charge in [0.05, 0.1) is 0 Å². The second-order valence-electron chi connectivity index (χ2n) is 4.11. The molecular formula is C15H15NO. The van der Waals surface area contributed by atoms with Crippen LogP contribution in [0.3, 0.4) is 0 Å². The van der Waals surface area contributed by atoms with Gasteiger partial charge in [-0.05, 0) is 18.6 Å². The molecule has 0 saturated heterocycles. The first kappa shape index (κ1) is 11.6. The van der Waals surface area contributed by atoms with E-state index in [0.717, 1.165) is 5.56 Å². The monoisotopic (exact) mass is 225 g/mol. The van der Waals surface area contributed by atoms with Crippen molar-refractivity contribution in [2.24, 2.45) is 5.73 Å². The molecule has 17 heavy (non-hydrogen) atoms. The van der Waals surface area contributed by atoms with Gasteiger partial charge in [0.2, 0.25) is 0 Å². The molecule has 0 spiro atoms. The highest BCUT2D eigenvalue weighted by molar-refractivity contribution is 6.09. The van der Waals surface area contributed by atoms with Gasteiger partial charge in [-0.15, -0.1) is 0 Å². The summed E-state index contributed by atoms with van der Waals surface area (Å²) in [7, 11) is 0. The van der Waals surface area contributed by atoms with Crippen LogP contribution in [0.15, 0.2) is 54.6 Å². The lowest BCUT2D eigenvalue weighted by Gasteiger charge is -2.07. The lowest BCUT2D eigenvalue weighted by molar-refractivity contribution is 0.103. The highest BCUT2D eigenvalue weighted by atomic mass is 16.1. The van der Waals surface area contributed by atoms with Gasteiger partial charge in [-0.25, -0.2) is 0 Å². The minimum absolute atomic E-state index is 0.0353. The first-order valence-corrected chi connectivity index (χ1v) is 5.64. The Balaban J connectivity index is 2.35. The summed E-state index contributed by atoms with van der Waals surface area (Å²) in [4.78, 5) is 12.2. The maximum Gasteiger partial charge on any atom is 0.193 e. The van der Waals surface area contributed by atoms with E-state index in [1.807, 2.05) is 61.5 Å². The van der Waals surface area contributed by atoms with Crippen LogP contribution in [0, 0.1) is 0 Å². The maximum absolute atomic E-state index is 12.2. The van der Waals surface area contributed by atoms with Crippen molar-refractivity contribution in [1.29, 1.82) is 0 Å². The van der Waals surface area contributed by atoms with Crippen molar-refractivity contribution in [3.05, 3.63) is 71.3 Å². The number of hydrogen-bond donors (Lipinski definition) is 1. The van der Waals surface area contributed by atoms with Crippen LogP contribution in [0.5, 0.6) is 0 Å². The Morgan fingerprint density at radius 3 is 2.29 bits per heavy atom. The largest absolute Gasteiger partial charge is 0.324 e. The van der Waals surface area contributed by atoms with Crippen LogP contribution in [-0.4, -0.2) is 5.78 Å². The average molecular weight is 225 g/mol. The Labute approximate surface area is 101 Å². The van der Waals surface area contributed by atoms with Crippen LogP contribution in [0.4, 0.5) is 0 Å². The smallest absolute Gasteiger partial charge is 0.193 e. The maximum atomic E-state index is 12.2. The highest BCUT2D eigenvalue weighted by Crippen LogP contribution is 2.15. The van der Waals surface area contributed by atoms with E-state index in [1.54, 1.807) is 0 Å². The fourth-order valence-electron chi connectivity index (χ4n) is 1.72. The second kappa shape index (κ2) is 4.93. The zero-order valence-corrected chi connectivity index (χ0v) is 9.76. The second-order valence-corrected chi connectivity index (χ2v) is 4.11. The molecule has 0 aliphatic carbocycles.